The average Bonchev–Trinajstić information content (AvgIpc) is 2.47. The van der Waals surface area contributed by atoms with Crippen LogP contribution in [0, 0.1) is 0 Å². The number of hydrogen-bond acceptors (Lipinski definition) is 4. The van der Waals surface area contributed by atoms with Crippen LogP contribution in [0.2, 0.25) is 0 Å². The molecule has 0 atom stereocenters. The van der Waals surface area contributed by atoms with Gasteiger partial charge in [-0.2, -0.15) is 0 Å². The van der Waals surface area contributed by atoms with Crippen LogP contribution in [0.15, 0.2) is 42.7 Å². The number of rotatable bonds is 5. The molecule has 0 spiro atoms. The Morgan fingerprint density at radius 3 is 2.43 bits per heavy atom. The van der Waals surface area contributed by atoms with Crippen LogP contribution in [0.25, 0.3) is 0 Å². The fourth-order valence-corrected chi connectivity index (χ4v) is 2.02. The summed E-state index contributed by atoms with van der Waals surface area (Å²) >= 11 is 0. The van der Waals surface area contributed by atoms with Crippen LogP contribution in [-0.4, -0.2) is 23.2 Å². The number of aromatic nitrogens is 1. The number of hydrogen-bond donors (Lipinski definition) is 1. The monoisotopic (exact) mass is 287 g/mol. The minimum atomic E-state index is -1.06. The second-order valence-electron chi connectivity index (χ2n) is 4.99. The molecule has 2 rings (SSSR count). The number of carbonyl (C=O) groups is 1. The molecule has 1 aromatic carbocycles. The van der Waals surface area contributed by atoms with Gasteiger partial charge in [-0.1, -0.05) is 6.07 Å². The van der Waals surface area contributed by atoms with Crippen molar-refractivity contribution < 1.29 is 19.4 Å². The van der Waals surface area contributed by atoms with Crippen LogP contribution >= 0.6 is 0 Å². The van der Waals surface area contributed by atoms with Gasteiger partial charge in [0.2, 0.25) is 0 Å². The number of nitrogens with zero attached hydrogens (tertiary/aromatic N) is 1. The molecule has 21 heavy (non-hydrogen) atoms. The highest BCUT2D eigenvalue weighted by molar-refractivity contribution is 5.92. The van der Waals surface area contributed by atoms with E-state index in [-0.39, 0.29) is 11.3 Å². The third kappa shape index (κ3) is 3.13. The van der Waals surface area contributed by atoms with E-state index in [1.807, 2.05) is 26.0 Å². The smallest absolute Gasteiger partial charge is 0.339 e. The zero-order chi connectivity index (χ0) is 15.5. The molecular formula is C16H17NO4. The number of benzene rings is 1. The molecule has 1 N–H and O–H groups in total. The first kappa shape index (κ1) is 14.8. The summed E-state index contributed by atoms with van der Waals surface area (Å²) in [6, 6.07) is 8.44. The first-order chi connectivity index (χ1) is 9.95. The predicted octanol–water partition coefficient (Wildman–Crippen LogP) is 3.10. The molecule has 0 aliphatic rings. The molecule has 0 aliphatic carbocycles. The highest BCUT2D eigenvalue weighted by Crippen LogP contribution is 2.36. The molecule has 0 saturated heterocycles. The second-order valence-corrected chi connectivity index (χ2v) is 4.99. The van der Waals surface area contributed by atoms with Crippen LogP contribution in [0.4, 0.5) is 0 Å². The molecule has 0 fully saturated rings. The normalized spacial score (nSPS) is 11.0. The minimum Gasteiger partial charge on any atom is -0.493 e. The lowest BCUT2D eigenvalue weighted by molar-refractivity contribution is 0.0667. The Hall–Kier alpha value is -2.56. The molecule has 0 radical (unpaired) electrons. The molecule has 0 aliphatic heterocycles. The van der Waals surface area contributed by atoms with E-state index in [0.717, 1.165) is 5.56 Å². The van der Waals surface area contributed by atoms with Crippen LogP contribution < -0.4 is 9.47 Å². The van der Waals surface area contributed by atoms with Crippen LogP contribution in [0.1, 0.15) is 29.8 Å². The van der Waals surface area contributed by atoms with Crippen molar-refractivity contribution >= 4 is 5.97 Å². The molecule has 5 nitrogen and oxygen atoms in total. The molecule has 1 aromatic heterocycles. The summed E-state index contributed by atoms with van der Waals surface area (Å²) in [5.41, 5.74) is 0.234. The molecule has 0 amide bonds. The van der Waals surface area contributed by atoms with Gasteiger partial charge in [0.15, 0.2) is 11.5 Å². The van der Waals surface area contributed by atoms with Gasteiger partial charge in [0, 0.05) is 12.4 Å². The molecule has 2 aromatic rings. The summed E-state index contributed by atoms with van der Waals surface area (Å²) in [6.07, 6.45) is 3.33. The van der Waals surface area contributed by atoms with E-state index in [1.54, 1.807) is 24.5 Å². The first-order valence-electron chi connectivity index (χ1n) is 6.45. The standard InChI is InChI=1S/C16H17NO4/c1-16(2,11-7-9-17-10-8-11)21-14-12(15(18)19)5-4-6-13(14)20-3/h4-10H,1-3H3,(H,18,19). The van der Waals surface area contributed by atoms with E-state index < -0.39 is 11.6 Å². The zero-order valence-corrected chi connectivity index (χ0v) is 12.2. The maximum absolute atomic E-state index is 11.4. The van der Waals surface area contributed by atoms with Crippen molar-refractivity contribution in [2.75, 3.05) is 7.11 Å². The summed E-state index contributed by atoms with van der Waals surface area (Å²) in [6.45, 7) is 3.72. The fraction of sp³-hybridized carbons (Fsp3) is 0.250. The minimum absolute atomic E-state index is 0.0662. The molecule has 0 saturated carbocycles. The lowest BCUT2D eigenvalue weighted by Crippen LogP contribution is -2.26. The van der Waals surface area contributed by atoms with Crippen molar-refractivity contribution in [3.05, 3.63) is 53.9 Å². The van der Waals surface area contributed by atoms with Crippen molar-refractivity contribution in [1.29, 1.82) is 0 Å². The molecule has 0 unspecified atom stereocenters. The number of pyridine rings is 1. The summed E-state index contributed by atoms with van der Waals surface area (Å²) in [5, 5.41) is 9.31. The van der Waals surface area contributed by atoms with Gasteiger partial charge >= 0.3 is 5.97 Å². The summed E-state index contributed by atoms with van der Waals surface area (Å²) < 4.78 is 11.2. The summed E-state index contributed by atoms with van der Waals surface area (Å²) in [7, 11) is 1.48. The van der Waals surface area contributed by atoms with E-state index in [4.69, 9.17) is 9.47 Å². The highest BCUT2D eigenvalue weighted by Gasteiger charge is 2.27. The van der Waals surface area contributed by atoms with E-state index in [2.05, 4.69) is 4.98 Å². The number of methoxy groups -OCH3 is 1. The Kier molecular flexibility index (Phi) is 4.12. The van der Waals surface area contributed by atoms with Crippen molar-refractivity contribution in [3.8, 4) is 11.5 Å². The Bertz CT molecular complexity index is 638. The number of ether oxygens (including phenoxy) is 2. The maximum atomic E-state index is 11.4. The lowest BCUT2D eigenvalue weighted by Gasteiger charge is -2.28. The van der Waals surface area contributed by atoms with E-state index >= 15 is 0 Å². The maximum Gasteiger partial charge on any atom is 0.339 e. The Morgan fingerprint density at radius 2 is 1.86 bits per heavy atom. The number of carboxylic acid groups (broad SMARTS) is 1. The summed E-state index contributed by atoms with van der Waals surface area (Å²) in [4.78, 5) is 15.3. The molecule has 0 bridgehead atoms. The van der Waals surface area contributed by atoms with Gasteiger partial charge in [0.1, 0.15) is 11.2 Å². The summed E-state index contributed by atoms with van der Waals surface area (Å²) in [5.74, 6) is -0.458. The Balaban J connectivity index is 2.45. The molecule has 5 heteroatoms. The fourth-order valence-electron chi connectivity index (χ4n) is 2.02. The van der Waals surface area contributed by atoms with Gasteiger partial charge in [-0.25, -0.2) is 4.79 Å². The van der Waals surface area contributed by atoms with Gasteiger partial charge < -0.3 is 14.6 Å². The van der Waals surface area contributed by atoms with Gasteiger partial charge in [-0.15, -0.1) is 0 Å². The van der Waals surface area contributed by atoms with Gasteiger partial charge in [0.05, 0.1) is 7.11 Å². The number of carboxylic acids is 1. The Labute approximate surface area is 123 Å². The second kappa shape index (κ2) is 5.83. The van der Waals surface area contributed by atoms with Gasteiger partial charge in [-0.05, 0) is 43.7 Å². The first-order valence-corrected chi connectivity index (χ1v) is 6.45. The van der Waals surface area contributed by atoms with Crippen LogP contribution in [0.5, 0.6) is 11.5 Å². The SMILES string of the molecule is COc1cccc(C(=O)O)c1OC(C)(C)c1ccncc1. The Morgan fingerprint density at radius 1 is 1.19 bits per heavy atom. The van der Waals surface area contributed by atoms with Crippen molar-refractivity contribution in [2.24, 2.45) is 0 Å². The van der Waals surface area contributed by atoms with E-state index in [1.165, 1.54) is 13.2 Å². The van der Waals surface area contributed by atoms with Gasteiger partial charge in [-0.3, -0.25) is 4.98 Å². The average molecular weight is 287 g/mol. The quantitative estimate of drug-likeness (QED) is 0.915. The van der Waals surface area contributed by atoms with Crippen LogP contribution in [-0.2, 0) is 5.60 Å². The van der Waals surface area contributed by atoms with E-state index in [9.17, 15) is 9.90 Å². The van der Waals surface area contributed by atoms with Gasteiger partial charge in [0.25, 0.3) is 0 Å². The molecule has 1 heterocycles. The number of para-hydroxylation sites is 1. The predicted molar refractivity (Wildman–Crippen MR) is 77.8 cm³/mol. The molecular weight excluding hydrogens is 270 g/mol. The number of aromatic carboxylic acids is 1. The lowest BCUT2D eigenvalue weighted by atomic mass is 9.99. The topological polar surface area (TPSA) is 68.7 Å². The van der Waals surface area contributed by atoms with Crippen molar-refractivity contribution in [3.63, 3.8) is 0 Å². The van der Waals surface area contributed by atoms with Crippen molar-refractivity contribution in [2.45, 2.75) is 19.4 Å². The van der Waals surface area contributed by atoms with Crippen LogP contribution in [0.3, 0.4) is 0 Å². The zero-order valence-electron chi connectivity index (χ0n) is 12.2. The molecule has 110 valence electrons. The third-order valence-corrected chi connectivity index (χ3v) is 3.16. The van der Waals surface area contributed by atoms with E-state index in [0.29, 0.717) is 5.75 Å². The van der Waals surface area contributed by atoms with Crippen molar-refractivity contribution in [1.82, 2.24) is 4.98 Å². The third-order valence-electron chi connectivity index (χ3n) is 3.16. The largest absolute Gasteiger partial charge is 0.493 e. The highest BCUT2D eigenvalue weighted by atomic mass is 16.5.